The van der Waals surface area contributed by atoms with Crippen LogP contribution in [0.25, 0.3) is 10.9 Å². The van der Waals surface area contributed by atoms with E-state index in [1.165, 1.54) is 0 Å². The molecular formula is C15H14N2OS. The molecule has 0 aliphatic heterocycles. The zero-order chi connectivity index (χ0) is 13.1. The van der Waals surface area contributed by atoms with E-state index in [2.05, 4.69) is 17.1 Å². The third-order valence-electron chi connectivity index (χ3n) is 2.94. The highest BCUT2D eigenvalue weighted by Gasteiger charge is 2.06. The van der Waals surface area contributed by atoms with Gasteiger partial charge in [-0.1, -0.05) is 30.0 Å². The standard InChI is InChI=1S/C15H14N2OS/c16-9-11-8-15(19-10-12-4-3-7-18-12)17-14-6-2-1-5-13(11)14/h1-8H,9-10,16H2. The van der Waals surface area contributed by atoms with E-state index in [1.54, 1.807) is 18.0 Å². The Kier molecular flexibility index (Phi) is 3.53. The highest BCUT2D eigenvalue weighted by molar-refractivity contribution is 7.98. The van der Waals surface area contributed by atoms with Crippen LogP contribution in [0.1, 0.15) is 11.3 Å². The third kappa shape index (κ3) is 2.64. The monoisotopic (exact) mass is 270 g/mol. The van der Waals surface area contributed by atoms with Crippen molar-refractivity contribution in [3.8, 4) is 0 Å². The lowest BCUT2D eigenvalue weighted by Crippen LogP contribution is -1.99. The number of hydrogen-bond donors (Lipinski definition) is 1. The van der Waals surface area contributed by atoms with E-state index in [1.807, 2.05) is 30.3 Å². The summed E-state index contributed by atoms with van der Waals surface area (Å²) in [6, 6.07) is 14.0. The Labute approximate surface area is 115 Å². The Bertz CT molecular complexity index is 680. The van der Waals surface area contributed by atoms with Gasteiger partial charge in [0.15, 0.2) is 0 Å². The molecular weight excluding hydrogens is 256 g/mol. The Morgan fingerprint density at radius 3 is 2.84 bits per heavy atom. The van der Waals surface area contributed by atoms with Crippen molar-refractivity contribution >= 4 is 22.7 Å². The van der Waals surface area contributed by atoms with Gasteiger partial charge in [0.25, 0.3) is 0 Å². The lowest BCUT2D eigenvalue weighted by atomic mass is 10.1. The van der Waals surface area contributed by atoms with Crippen molar-refractivity contribution in [3.05, 3.63) is 60.1 Å². The predicted molar refractivity (Wildman–Crippen MR) is 77.9 cm³/mol. The number of thioether (sulfide) groups is 1. The molecule has 19 heavy (non-hydrogen) atoms. The number of nitrogens with two attached hydrogens (primary N) is 1. The summed E-state index contributed by atoms with van der Waals surface area (Å²) in [5.41, 5.74) is 7.94. The Morgan fingerprint density at radius 1 is 1.16 bits per heavy atom. The number of aromatic nitrogens is 1. The topological polar surface area (TPSA) is 52.0 Å². The molecule has 0 aliphatic carbocycles. The molecule has 96 valence electrons. The molecule has 3 nitrogen and oxygen atoms in total. The second kappa shape index (κ2) is 5.47. The van der Waals surface area contributed by atoms with Crippen molar-refractivity contribution < 1.29 is 4.42 Å². The van der Waals surface area contributed by atoms with Crippen molar-refractivity contribution in [1.29, 1.82) is 0 Å². The number of hydrogen-bond acceptors (Lipinski definition) is 4. The van der Waals surface area contributed by atoms with Gasteiger partial charge in [-0.2, -0.15) is 0 Å². The molecule has 0 fully saturated rings. The minimum absolute atomic E-state index is 0.525. The van der Waals surface area contributed by atoms with E-state index in [0.717, 1.165) is 33.0 Å². The van der Waals surface area contributed by atoms with Gasteiger partial charge < -0.3 is 10.2 Å². The first kappa shape index (κ1) is 12.3. The van der Waals surface area contributed by atoms with Gasteiger partial charge in [0.1, 0.15) is 5.76 Å². The van der Waals surface area contributed by atoms with Crippen LogP contribution in [0.15, 0.2) is 58.2 Å². The van der Waals surface area contributed by atoms with Crippen LogP contribution in [0.3, 0.4) is 0 Å². The number of fused-ring (bicyclic) bond motifs is 1. The first-order valence-corrected chi connectivity index (χ1v) is 7.09. The van der Waals surface area contributed by atoms with Crippen molar-refractivity contribution in [3.63, 3.8) is 0 Å². The number of nitrogens with zero attached hydrogens (tertiary/aromatic N) is 1. The second-order valence-electron chi connectivity index (χ2n) is 4.21. The van der Waals surface area contributed by atoms with Gasteiger partial charge in [-0.3, -0.25) is 0 Å². The van der Waals surface area contributed by atoms with Gasteiger partial charge >= 0.3 is 0 Å². The SMILES string of the molecule is NCc1cc(SCc2ccco2)nc2ccccc12. The molecule has 1 aromatic carbocycles. The number of rotatable bonds is 4. The van der Waals surface area contributed by atoms with Crippen molar-refractivity contribution in [2.24, 2.45) is 5.73 Å². The Morgan fingerprint density at radius 2 is 2.05 bits per heavy atom. The van der Waals surface area contributed by atoms with Crippen LogP contribution in [0.2, 0.25) is 0 Å². The molecule has 0 atom stereocenters. The van der Waals surface area contributed by atoms with E-state index in [9.17, 15) is 0 Å². The number of para-hydroxylation sites is 1. The molecule has 0 aliphatic rings. The van der Waals surface area contributed by atoms with Gasteiger partial charge in [0.2, 0.25) is 0 Å². The molecule has 0 radical (unpaired) electrons. The van der Waals surface area contributed by atoms with Gasteiger partial charge in [-0.15, -0.1) is 0 Å². The van der Waals surface area contributed by atoms with Crippen molar-refractivity contribution in [2.45, 2.75) is 17.3 Å². The van der Waals surface area contributed by atoms with E-state index < -0.39 is 0 Å². The number of furan rings is 1. The molecule has 3 aromatic rings. The Hall–Kier alpha value is -1.78. The molecule has 0 unspecified atom stereocenters. The average Bonchev–Trinajstić information content (AvgIpc) is 2.97. The fourth-order valence-corrected chi connectivity index (χ4v) is 2.85. The first-order valence-electron chi connectivity index (χ1n) is 6.11. The number of pyridine rings is 1. The fourth-order valence-electron chi connectivity index (χ4n) is 2.00. The van der Waals surface area contributed by atoms with E-state index in [0.29, 0.717) is 6.54 Å². The molecule has 0 saturated heterocycles. The molecule has 0 spiro atoms. The largest absolute Gasteiger partial charge is 0.468 e. The van der Waals surface area contributed by atoms with Crippen molar-refractivity contribution in [1.82, 2.24) is 4.98 Å². The molecule has 2 N–H and O–H groups in total. The summed E-state index contributed by atoms with van der Waals surface area (Å²) in [5.74, 6) is 1.73. The van der Waals surface area contributed by atoms with Crippen LogP contribution in [0, 0.1) is 0 Å². The molecule has 4 heteroatoms. The highest BCUT2D eigenvalue weighted by atomic mass is 32.2. The minimum Gasteiger partial charge on any atom is -0.468 e. The lowest BCUT2D eigenvalue weighted by molar-refractivity contribution is 0.530. The highest BCUT2D eigenvalue weighted by Crippen LogP contribution is 2.26. The third-order valence-corrected chi connectivity index (χ3v) is 3.87. The van der Waals surface area contributed by atoms with Gasteiger partial charge in [0.05, 0.1) is 22.6 Å². The second-order valence-corrected chi connectivity index (χ2v) is 5.20. The van der Waals surface area contributed by atoms with Crippen LogP contribution < -0.4 is 5.73 Å². The predicted octanol–water partition coefficient (Wildman–Crippen LogP) is 3.58. The molecule has 0 amide bonds. The molecule has 0 saturated carbocycles. The smallest absolute Gasteiger partial charge is 0.114 e. The first-order chi connectivity index (χ1) is 9.36. The summed E-state index contributed by atoms with van der Waals surface area (Å²) in [4.78, 5) is 4.65. The zero-order valence-electron chi connectivity index (χ0n) is 10.4. The van der Waals surface area contributed by atoms with Crippen molar-refractivity contribution in [2.75, 3.05) is 0 Å². The van der Waals surface area contributed by atoms with Crippen LogP contribution in [-0.2, 0) is 12.3 Å². The van der Waals surface area contributed by atoms with E-state index in [4.69, 9.17) is 10.2 Å². The van der Waals surface area contributed by atoms with E-state index >= 15 is 0 Å². The maximum atomic E-state index is 5.82. The van der Waals surface area contributed by atoms with Gasteiger partial charge in [0, 0.05) is 11.9 Å². The van der Waals surface area contributed by atoms with Gasteiger partial charge in [-0.05, 0) is 29.8 Å². The summed E-state index contributed by atoms with van der Waals surface area (Å²) >= 11 is 1.66. The van der Waals surface area contributed by atoms with Crippen LogP contribution in [0.5, 0.6) is 0 Å². The quantitative estimate of drug-likeness (QED) is 0.736. The minimum atomic E-state index is 0.525. The average molecular weight is 270 g/mol. The van der Waals surface area contributed by atoms with E-state index in [-0.39, 0.29) is 0 Å². The molecule has 0 bridgehead atoms. The molecule has 2 heterocycles. The molecule has 2 aromatic heterocycles. The maximum Gasteiger partial charge on any atom is 0.114 e. The van der Waals surface area contributed by atoms with Crippen LogP contribution in [0.4, 0.5) is 0 Å². The number of benzene rings is 1. The van der Waals surface area contributed by atoms with Crippen LogP contribution >= 0.6 is 11.8 Å². The normalized spacial score (nSPS) is 11.0. The lowest BCUT2D eigenvalue weighted by Gasteiger charge is -2.07. The Balaban J connectivity index is 1.91. The summed E-state index contributed by atoms with van der Waals surface area (Å²) < 4.78 is 5.33. The zero-order valence-corrected chi connectivity index (χ0v) is 11.2. The summed E-state index contributed by atoms with van der Waals surface area (Å²) in [6.07, 6.45) is 1.69. The van der Waals surface area contributed by atoms with Gasteiger partial charge in [-0.25, -0.2) is 4.98 Å². The fraction of sp³-hybridized carbons (Fsp3) is 0.133. The summed E-state index contributed by atoms with van der Waals surface area (Å²) in [6.45, 7) is 0.525. The van der Waals surface area contributed by atoms with Crippen LogP contribution in [-0.4, -0.2) is 4.98 Å². The summed E-state index contributed by atoms with van der Waals surface area (Å²) in [7, 11) is 0. The summed E-state index contributed by atoms with van der Waals surface area (Å²) in [5, 5.41) is 2.11. The maximum absolute atomic E-state index is 5.82. The molecule has 3 rings (SSSR count).